The van der Waals surface area contributed by atoms with Gasteiger partial charge in [-0.25, -0.2) is 0 Å². The van der Waals surface area contributed by atoms with Gasteiger partial charge < -0.3 is 10.2 Å². The molecule has 58 valence electrons. The van der Waals surface area contributed by atoms with Crippen LogP contribution in [0.2, 0.25) is 0 Å². The van der Waals surface area contributed by atoms with Crippen molar-refractivity contribution < 1.29 is 10.2 Å². The van der Waals surface area contributed by atoms with E-state index in [0.717, 1.165) is 11.3 Å². The average molecular weight is 151 g/mol. The van der Waals surface area contributed by atoms with E-state index in [1.54, 1.807) is 12.3 Å². The zero-order valence-electron chi connectivity index (χ0n) is 5.99. The fourth-order valence-electron chi connectivity index (χ4n) is 1.33. The Hall–Kier alpha value is -0.930. The van der Waals surface area contributed by atoms with Gasteiger partial charge in [-0.05, 0) is 11.6 Å². The summed E-state index contributed by atoms with van der Waals surface area (Å²) in [6.45, 7) is 0. The molecule has 0 aromatic carbocycles. The summed E-state index contributed by atoms with van der Waals surface area (Å²) in [5.74, 6) is -1.58. The van der Waals surface area contributed by atoms with Crippen LogP contribution in [0.25, 0.3) is 0 Å². The molecule has 0 bridgehead atoms. The van der Waals surface area contributed by atoms with E-state index < -0.39 is 5.79 Å². The minimum absolute atomic E-state index is 0.242. The average Bonchev–Trinajstić information content (AvgIpc) is 2.31. The lowest BCUT2D eigenvalue weighted by Crippen LogP contribution is -2.33. The van der Waals surface area contributed by atoms with Gasteiger partial charge in [0.15, 0.2) is 5.79 Å². The highest BCUT2D eigenvalue weighted by atomic mass is 16.5. The third-order valence-electron chi connectivity index (χ3n) is 1.92. The molecule has 3 heteroatoms. The van der Waals surface area contributed by atoms with Gasteiger partial charge in [-0.3, -0.25) is 4.99 Å². The second kappa shape index (κ2) is 2.03. The zero-order valence-corrected chi connectivity index (χ0v) is 5.99. The van der Waals surface area contributed by atoms with Crippen LogP contribution in [0.5, 0.6) is 0 Å². The van der Waals surface area contributed by atoms with Gasteiger partial charge in [0.25, 0.3) is 0 Å². The lowest BCUT2D eigenvalue weighted by molar-refractivity contribution is -0.151. The SMILES string of the molecule is OC1(O)CC=C2C=CN=C2C1. The number of aliphatic imine (C=N–C) groups is 1. The Morgan fingerprint density at radius 1 is 1.45 bits per heavy atom. The summed E-state index contributed by atoms with van der Waals surface area (Å²) in [5, 5.41) is 18.4. The Balaban J connectivity index is 2.32. The van der Waals surface area contributed by atoms with Crippen molar-refractivity contribution in [2.75, 3.05) is 0 Å². The summed E-state index contributed by atoms with van der Waals surface area (Å²) < 4.78 is 0. The molecule has 2 rings (SSSR count). The van der Waals surface area contributed by atoms with Crippen molar-refractivity contribution in [1.29, 1.82) is 0 Å². The highest BCUT2D eigenvalue weighted by Gasteiger charge is 2.30. The molecule has 1 heterocycles. The Labute approximate surface area is 64.4 Å². The van der Waals surface area contributed by atoms with Gasteiger partial charge in [0.1, 0.15) is 0 Å². The van der Waals surface area contributed by atoms with Crippen molar-refractivity contribution >= 4 is 5.71 Å². The molecule has 3 nitrogen and oxygen atoms in total. The van der Waals surface area contributed by atoms with E-state index in [2.05, 4.69) is 4.99 Å². The van der Waals surface area contributed by atoms with Crippen LogP contribution in [0.15, 0.2) is 28.9 Å². The molecule has 0 spiro atoms. The highest BCUT2D eigenvalue weighted by Crippen LogP contribution is 2.26. The molecule has 0 atom stereocenters. The van der Waals surface area contributed by atoms with Crippen molar-refractivity contribution in [3.63, 3.8) is 0 Å². The number of allylic oxidation sites excluding steroid dienone is 2. The number of rotatable bonds is 0. The largest absolute Gasteiger partial charge is 0.365 e. The molecule has 0 unspecified atom stereocenters. The normalized spacial score (nSPS) is 26.0. The summed E-state index contributed by atoms with van der Waals surface area (Å²) in [4.78, 5) is 4.00. The van der Waals surface area contributed by atoms with Crippen LogP contribution < -0.4 is 0 Å². The summed E-state index contributed by atoms with van der Waals surface area (Å²) in [7, 11) is 0. The van der Waals surface area contributed by atoms with Gasteiger partial charge in [-0.1, -0.05) is 6.08 Å². The predicted octanol–water partition coefficient (Wildman–Crippen LogP) is 0.356. The fourth-order valence-corrected chi connectivity index (χ4v) is 1.33. The lowest BCUT2D eigenvalue weighted by atomic mass is 9.93. The number of hydrogen-bond acceptors (Lipinski definition) is 3. The van der Waals surface area contributed by atoms with Gasteiger partial charge in [0, 0.05) is 19.0 Å². The molecule has 0 fully saturated rings. The number of hydrogen-bond donors (Lipinski definition) is 2. The summed E-state index contributed by atoms with van der Waals surface area (Å²) in [6, 6.07) is 0. The highest BCUT2D eigenvalue weighted by molar-refractivity contribution is 6.05. The molecule has 0 aromatic heterocycles. The third kappa shape index (κ3) is 1.13. The standard InChI is InChI=1S/C8H9NO2/c10-8(11)3-1-6-2-4-9-7(6)5-8/h1-2,4,10-11H,3,5H2. The third-order valence-corrected chi connectivity index (χ3v) is 1.92. The molecule has 1 aliphatic carbocycles. The quantitative estimate of drug-likeness (QED) is 0.491. The zero-order chi connectivity index (χ0) is 7.90. The minimum Gasteiger partial charge on any atom is -0.365 e. The molecule has 1 aliphatic heterocycles. The molecule has 11 heavy (non-hydrogen) atoms. The van der Waals surface area contributed by atoms with Gasteiger partial charge in [-0.2, -0.15) is 0 Å². The maximum absolute atomic E-state index is 9.22. The molecule has 0 saturated heterocycles. The van der Waals surface area contributed by atoms with Crippen LogP contribution in [0, 0.1) is 0 Å². The monoisotopic (exact) mass is 151 g/mol. The minimum atomic E-state index is -1.58. The Morgan fingerprint density at radius 3 is 3.09 bits per heavy atom. The first-order chi connectivity index (χ1) is 5.17. The molecular weight excluding hydrogens is 142 g/mol. The molecule has 0 saturated carbocycles. The van der Waals surface area contributed by atoms with Crippen molar-refractivity contribution in [1.82, 2.24) is 0 Å². The van der Waals surface area contributed by atoms with Crippen molar-refractivity contribution in [3.05, 3.63) is 23.9 Å². The molecule has 0 amide bonds. The smallest absolute Gasteiger partial charge is 0.171 e. The number of fused-ring (bicyclic) bond motifs is 1. The molecule has 0 aromatic rings. The fraction of sp³-hybridized carbons (Fsp3) is 0.375. The van der Waals surface area contributed by atoms with Crippen molar-refractivity contribution in [2.45, 2.75) is 18.6 Å². The summed E-state index contributed by atoms with van der Waals surface area (Å²) in [6.07, 6.45) is 5.90. The van der Waals surface area contributed by atoms with E-state index in [9.17, 15) is 10.2 Å². The van der Waals surface area contributed by atoms with Gasteiger partial charge in [0.2, 0.25) is 0 Å². The lowest BCUT2D eigenvalue weighted by Gasteiger charge is -2.24. The van der Waals surface area contributed by atoms with Gasteiger partial charge >= 0.3 is 0 Å². The molecular formula is C8H9NO2. The topological polar surface area (TPSA) is 52.8 Å². The van der Waals surface area contributed by atoms with Crippen molar-refractivity contribution in [3.8, 4) is 0 Å². The van der Waals surface area contributed by atoms with E-state index in [1.807, 2.05) is 6.08 Å². The van der Waals surface area contributed by atoms with E-state index in [4.69, 9.17) is 0 Å². The molecule has 0 radical (unpaired) electrons. The Morgan fingerprint density at radius 2 is 2.27 bits per heavy atom. The van der Waals surface area contributed by atoms with Gasteiger partial charge in [0.05, 0.1) is 5.71 Å². The Kier molecular flexibility index (Phi) is 1.25. The molecule has 2 aliphatic rings. The van der Waals surface area contributed by atoms with Crippen LogP contribution in [0.1, 0.15) is 12.8 Å². The van der Waals surface area contributed by atoms with Crippen LogP contribution >= 0.6 is 0 Å². The van der Waals surface area contributed by atoms with Crippen LogP contribution in [-0.4, -0.2) is 21.7 Å². The second-order valence-electron chi connectivity index (χ2n) is 2.91. The van der Waals surface area contributed by atoms with Crippen LogP contribution in [0.3, 0.4) is 0 Å². The maximum atomic E-state index is 9.22. The summed E-state index contributed by atoms with van der Waals surface area (Å²) in [5.41, 5.74) is 1.81. The van der Waals surface area contributed by atoms with Crippen LogP contribution in [0.4, 0.5) is 0 Å². The predicted molar refractivity (Wildman–Crippen MR) is 41.1 cm³/mol. The first kappa shape index (κ1) is 6.76. The first-order valence-electron chi connectivity index (χ1n) is 3.56. The number of nitrogens with zero attached hydrogens (tertiary/aromatic N) is 1. The van der Waals surface area contributed by atoms with Gasteiger partial charge in [-0.15, -0.1) is 0 Å². The van der Waals surface area contributed by atoms with Crippen LogP contribution in [-0.2, 0) is 0 Å². The van der Waals surface area contributed by atoms with E-state index >= 15 is 0 Å². The second-order valence-corrected chi connectivity index (χ2v) is 2.91. The molecule has 2 N–H and O–H groups in total. The van der Waals surface area contributed by atoms with E-state index in [1.165, 1.54) is 0 Å². The number of aliphatic hydroxyl groups is 2. The maximum Gasteiger partial charge on any atom is 0.171 e. The van der Waals surface area contributed by atoms with E-state index in [-0.39, 0.29) is 6.42 Å². The Bertz CT molecular complexity index is 274. The van der Waals surface area contributed by atoms with E-state index in [0.29, 0.717) is 6.42 Å². The summed E-state index contributed by atoms with van der Waals surface area (Å²) >= 11 is 0. The van der Waals surface area contributed by atoms with Crippen molar-refractivity contribution in [2.24, 2.45) is 4.99 Å². The first-order valence-corrected chi connectivity index (χ1v) is 3.56.